The van der Waals surface area contributed by atoms with Gasteiger partial charge in [-0.25, -0.2) is 9.98 Å². The number of halogens is 1. The number of rotatable bonds is 1. The highest BCUT2D eigenvalue weighted by Gasteiger charge is 2.54. The first-order chi connectivity index (χ1) is 13.9. The van der Waals surface area contributed by atoms with Gasteiger partial charge >= 0.3 is 0 Å². The number of aliphatic imine (C=N–C) groups is 1. The van der Waals surface area contributed by atoms with Crippen molar-refractivity contribution >= 4 is 11.9 Å². The fourth-order valence-electron chi connectivity index (χ4n) is 3.82. The molecule has 1 amide bonds. The molecular weight excluding hydrogens is 375 g/mol. The molecule has 2 aliphatic rings. The van der Waals surface area contributed by atoms with E-state index in [4.69, 9.17) is 10.5 Å². The molecule has 144 valence electrons. The maximum atomic E-state index is 14.3. The number of phenols is 1. The molecule has 2 aliphatic heterocycles. The Bertz CT molecular complexity index is 1230. The number of guanidine groups is 1. The van der Waals surface area contributed by atoms with Crippen LogP contribution in [0.4, 0.5) is 4.39 Å². The molecule has 3 aromatic rings. The zero-order valence-electron chi connectivity index (χ0n) is 15.3. The molecule has 3 heterocycles. The van der Waals surface area contributed by atoms with E-state index in [1.807, 2.05) is 0 Å². The van der Waals surface area contributed by atoms with Gasteiger partial charge < -0.3 is 15.6 Å². The van der Waals surface area contributed by atoms with E-state index in [9.17, 15) is 14.3 Å². The fourth-order valence-corrected chi connectivity index (χ4v) is 3.82. The Labute approximate surface area is 164 Å². The summed E-state index contributed by atoms with van der Waals surface area (Å²) in [4.78, 5) is 22.8. The molecule has 0 bridgehead atoms. The Morgan fingerprint density at radius 2 is 1.97 bits per heavy atom. The van der Waals surface area contributed by atoms with Gasteiger partial charge in [-0.15, -0.1) is 0 Å². The lowest BCUT2D eigenvalue weighted by molar-refractivity contribution is -0.129. The molecule has 5 rings (SSSR count). The number of carbonyl (C=O) groups is 1. The van der Waals surface area contributed by atoms with Crippen molar-refractivity contribution in [3.05, 3.63) is 71.8 Å². The van der Waals surface area contributed by atoms with E-state index in [1.54, 1.807) is 36.4 Å². The molecule has 0 radical (unpaired) electrons. The summed E-state index contributed by atoms with van der Waals surface area (Å²) in [7, 11) is 1.54. The molecule has 1 unspecified atom stereocenters. The van der Waals surface area contributed by atoms with E-state index < -0.39 is 11.5 Å². The third-order valence-electron chi connectivity index (χ3n) is 5.25. The van der Waals surface area contributed by atoms with Gasteiger partial charge in [0.2, 0.25) is 11.5 Å². The lowest BCUT2D eigenvalue weighted by Crippen LogP contribution is -2.42. The number of likely N-dealkylation sites (N-methyl/N-ethyl adjacent to an activating group) is 1. The number of hydrogen-bond donors (Lipinski definition) is 2. The third-order valence-corrected chi connectivity index (χ3v) is 5.25. The van der Waals surface area contributed by atoms with Crippen molar-refractivity contribution in [2.24, 2.45) is 10.7 Å². The van der Waals surface area contributed by atoms with Crippen LogP contribution in [0.5, 0.6) is 17.2 Å². The van der Waals surface area contributed by atoms with Crippen LogP contribution in [0.25, 0.3) is 11.1 Å². The standard InChI is InChI=1S/C21H15FN4O3/c1-26-19(28)21(25-20(26)23)14-6-5-12(27)10-17(14)29-16-7-4-11(9-15(16)21)13-3-2-8-24-18(13)22/h2-10,27H,1H3,(H2,23,25). The zero-order valence-corrected chi connectivity index (χ0v) is 15.3. The van der Waals surface area contributed by atoms with Gasteiger partial charge in [0, 0.05) is 36.0 Å². The number of pyridine rings is 1. The smallest absolute Gasteiger partial charge is 0.266 e. The number of carbonyl (C=O) groups excluding carboxylic acids is 1. The van der Waals surface area contributed by atoms with Gasteiger partial charge in [0.1, 0.15) is 17.2 Å². The predicted octanol–water partition coefficient (Wildman–Crippen LogP) is 2.73. The average Bonchev–Trinajstić information content (AvgIpc) is 2.93. The Balaban J connectivity index is 1.81. The fraction of sp³-hybridized carbons (Fsp3) is 0.0952. The molecule has 2 aromatic carbocycles. The minimum absolute atomic E-state index is 0.00727. The van der Waals surface area contributed by atoms with Crippen LogP contribution in [0, 0.1) is 5.95 Å². The summed E-state index contributed by atoms with van der Waals surface area (Å²) in [6, 6.07) is 12.7. The minimum atomic E-state index is -1.48. The minimum Gasteiger partial charge on any atom is -0.508 e. The molecule has 3 N–H and O–H groups in total. The molecular formula is C21H15FN4O3. The van der Waals surface area contributed by atoms with Crippen LogP contribution < -0.4 is 10.5 Å². The number of fused-ring (bicyclic) bond motifs is 4. The van der Waals surface area contributed by atoms with Gasteiger partial charge in [-0.1, -0.05) is 6.07 Å². The maximum absolute atomic E-state index is 14.3. The molecule has 1 spiro atoms. The predicted molar refractivity (Wildman–Crippen MR) is 103 cm³/mol. The van der Waals surface area contributed by atoms with E-state index in [0.29, 0.717) is 28.2 Å². The number of nitrogens with two attached hydrogens (primary N) is 1. The Morgan fingerprint density at radius 3 is 2.69 bits per heavy atom. The molecule has 1 aromatic heterocycles. The van der Waals surface area contributed by atoms with E-state index in [-0.39, 0.29) is 23.2 Å². The average molecular weight is 390 g/mol. The SMILES string of the molecule is CN1C(=O)C2(N=C1N)c1ccc(O)cc1Oc1ccc(-c3cccnc3F)cc12. The van der Waals surface area contributed by atoms with Gasteiger partial charge in [0.15, 0.2) is 5.96 Å². The van der Waals surface area contributed by atoms with Gasteiger partial charge in [0.05, 0.1) is 0 Å². The first-order valence-electron chi connectivity index (χ1n) is 8.82. The lowest BCUT2D eigenvalue weighted by Gasteiger charge is -2.33. The first-order valence-corrected chi connectivity index (χ1v) is 8.82. The van der Waals surface area contributed by atoms with Gasteiger partial charge in [0.25, 0.3) is 5.91 Å². The summed E-state index contributed by atoms with van der Waals surface area (Å²) in [5, 5.41) is 9.88. The largest absolute Gasteiger partial charge is 0.508 e. The van der Waals surface area contributed by atoms with Crippen LogP contribution in [-0.4, -0.2) is 33.9 Å². The van der Waals surface area contributed by atoms with E-state index in [2.05, 4.69) is 9.98 Å². The summed E-state index contributed by atoms with van der Waals surface area (Å²) in [5.74, 6) is -0.266. The number of aromatic nitrogens is 1. The van der Waals surface area contributed by atoms with Gasteiger partial charge in [-0.2, -0.15) is 4.39 Å². The van der Waals surface area contributed by atoms with Crippen molar-refractivity contribution in [1.29, 1.82) is 0 Å². The number of phenolic OH excluding ortho intramolecular Hbond substituents is 1. The maximum Gasteiger partial charge on any atom is 0.266 e. The number of aromatic hydroxyl groups is 1. The highest BCUT2D eigenvalue weighted by Crippen LogP contribution is 2.53. The summed E-state index contributed by atoms with van der Waals surface area (Å²) < 4.78 is 20.2. The second-order valence-corrected chi connectivity index (χ2v) is 6.88. The van der Waals surface area contributed by atoms with E-state index in [0.717, 1.165) is 0 Å². The Hall–Kier alpha value is -3.94. The quantitative estimate of drug-likeness (QED) is 0.622. The molecule has 0 aliphatic carbocycles. The summed E-state index contributed by atoms with van der Waals surface area (Å²) in [5.41, 5.74) is 6.20. The summed E-state index contributed by atoms with van der Waals surface area (Å²) in [6.07, 6.45) is 1.37. The monoisotopic (exact) mass is 390 g/mol. The van der Waals surface area contributed by atoms with Crippen molar-refractivity contribution in [2.45, 2.75) is 5.54 Å². The molecule has 1 atom stereocenters. The van der Waals surface area contributed by atoms with Crippen molar-refractivity contribution < 1.29 is 19.0 Å². The van der Waals surface area contributed by atoms with Crippen molar-refractivity contribution in [3.63, 3.8) is 0 Å². The Kier molecular flexibility index (Phi) is 3.42. The van der Waals surface area contributed by atoms with Crippen molar-refractivity contribution in [1.82, 2.24) is 9.88 Å². The molecule has 0 saturated heterocycles. The molecule has 0 saturated carbocycles. The summed E-state index contributed by atoms with van der Waals surface area (Å²) in [6.45, 7) is 0. The lowest BCUT2D eigenvalue weighted by atomic mass is 9.79. The van der Waals surface area contributed by atoms with Crippen LogP contribution in [-0.2, 0) is 10.3 Å². The number of nitrogens with zero attached hydrogens (tertiary/aromatic N) is 3. The van der Waals surface area contributed by atoms with Crippen molar-refractivity contribution in [2.75, 3.05) is 7.05 Å². The van der Waals surface area contributed by atoms with E-state index in [1.165, 1.54) is 30.3 Å². The van der Waals surface area contributed by atoms with Gasteiger partial charge in [-0.3, -0.25) is 9.69 Å². The second-order valence-electron chi connectivity index (χ2n) is 6.88. The summed E-state index contributed by atoms with van der Waals surface area (Å²) >= 11 is 0. The number of ether oxygens (including phenoxy) is 1. The normalized spacial score (nSPS) is 19.6. The topological polar surface area (TPSA) is 101 Å². The highest BCUT2D eigenvalue weighted by atomic mass is 19.1. The number of hydrogen-bond acceptors (Lipinski definition) is 6. The zero-order chi connectivity index (χ0) is 20.3. The van der Waals surface area contributed by atoms with Crippen molar-refractivity contribution in [3.8, 4) is 28.4 Å². The van der Waals surface area contributed by atoms with Crippen LogP contribution >= 0.6 is 0 Å². The highest BCUT2D eigenvalue weighted by molar-refractivity contribution is 6.10. The van der Waals surface area contributed by atoms with Crippen LogP contribution in [0.1, 0.15) is 11.1 Å². The van der Waals surface area contributed by atoms with E-state index >= 15 is 0 Å². The van der Waals surface area contributed by atoms with Crippen LogP contribution in [0.2, 0.25) is 0 Å². The molecule has 8 heteroatoms. The number of amides is 1. The number of benzene rings is 2. The molecule has 29 heavy (non-hydrogen) atoms. The first kappa shape index (κ1) is 17.2. The van der Waals surface area contributed by atoms with Crippen LogP contribution in [0.15, 0.2) is 59.7 Å². The van der Waals surface area contributed by atoms with Gasteiger partial charge in [-0.05, 0) is 42.0 Å². The van der Waals surface area contributed by atoms with Crippen LogP contribution in [0.3, 0.4) is 0 Å². The molecule has 0 fully saturated rings. The third kappa shape index (κ3) is 2.25. The molecule has 7 nitrogen and oxygen atoms in total. The second kappa shape index (κ2) is 5.78. The Morgan fingerprint density at radius 1 is 1.14 bits per heavy atom.